The Morgan fingerprint density at radius 2 is 1.76 bits per heavy atom. The van der Waals surface area contributed by atoms with Crippen molar-refractivity contribution in [3.05, 3.63) is 59.7 Å². The van der Waals surface area contributed by atoms with E-state index in [2.05, 4.69) is 0 Å². The minimum atomic E-state index is -0.985. The zero-order valence-corrected chi connectivity index (χ0v) is 11.0. The summed E-state index contributed by atoms with van der Waals surface area (Å²) in [5.41, 5.74) is 6.46. The number of nitrogen functional groups attached to an aromatic ring is 1. The van der Waals surface area contributed by atoms with Crippen molar-refractivity contribution in [2.24, 2.45) is 0 Å². The van der Waals surface area contributed by atoms with Crippen LogP contribution in [0.15, 0.2) is 42.5 Å². The highest BCUT2D eigenvalue weighted by molar-refractivity contribution is 5.71. The minimum absolute atomic E-state index is 0.152. The molecule has 2 aromatic carbocycles. The molecule has 0 aliphatic heterocycles. The van der Waals surface area contributed by atoms with Crippen LogP contribution in [0, 0.1) is 11.6 Å². The second-order valence-corrected chi connectivity index (χ2v) is 4.27. The average Bonchev–Trinajstić information content (AvgIpc) is 2.48. The Kier molecular flexibility index (Phi) is 4.71. The van der Waals surface area contributed by atoms with E-state index in [1.54, 1.807) is 24.3 Å². The van der Waals surface area contributed by atoms with Gasteiger partial charge in [-0.15, -0.1) is 0 Å². The van der Waals surface area contributed by atoms with Gasteiger partial charge in [-0.25, -0.2) is 13.6 Å². The quantitative estimate of drug-likeness (QED) is 0.680. The van der Waals surface area contributed by atoms with Gasteiger partial charge in [0.1, 0.15) is 12.4 Å². The molecule has 110 valence electrons. The molecule has 2 rings (SSSR count). The molecule has 0 aromatic heterocycles. The molecular formula is C15H13F2NO3. The van der Waals surface area contributed by atoms with Gasteiger partial charge in [0.25, 0.3) is 0 Å². The van der Waals surface area contributed by atoms with Gasteiger partial charge in [-0.3, -0.25) is 0 Å². The first-order chi connectivity index (χ1) is 10.0. The fourth-order valence-corrected chi connectivity index (χ4v) is 1.54. The zero-order chi connectivity index (χ0) is 15.2. The number of benzene rings is 2. The van der Waals surface area contributed by atoms with Gasteiger partial charge in [0.05, 0.1) is 0 Å². The zero-order valence-electron chi connectivity index (χ0n) is 11.0. The Hall–Kier alpha value is -2.63. The maximum Gasteiger partial charge on any atom is 0.344 e. The number of hydrogen-bond donors (Lipinski definition) is 1. The van der Waals surface area contributed by atoms with E-state index in [1.807, 2.05) is 0 Å². The van der Waals surface area contributed by atoms with E-state index in [0.717, 1.165) is 12.1 Å². The predicted molar refractivity (Wildman–Crippen MR) is 72.5 cm³/mol. The van der Waals surface area contributed by atoms with Gasteiger partial charge in [-0.1, -0.05) is 6.07 Å². The van der Waals surface area contributed by atoms with Gasteiger partial charge < -0.3 is 15.2 Å². The molecule has 21 heavy (non-hydrogen) atoms. The molecule has 0 fully saturated rings. The van der Waals surface area contributed by atoms with Crippen LogP contribution in [0.5, 0.6) is 5.75 Å². The Bertz CT molecular complexity index is 629. The molecule has 2 aromatic rings. The first-order valence-corrected chi connectivity index (χ1v) is 6.12. The normalized spacial score (nSPS) is 10.2. The Balaban J connectivity index is 1.79. The topological polar surface area (TPSA) is 61.5 Å². The van der Waals surface area contributed by atoms with Crippen LogP contribution in [0.2, 0.25) is 0 Å². The van der Waals surface area contributed by atoms with Gasteiger partial charge in [0, 0.05) is 5.69 Å². The van der Waals surface area contributed by atoms with E-state index in [-0.39, 0.29) is 13.2 Å². The fraction of sp³-hybridized carbons (Fsp3) is 0.133. The van der Waals surface area contributed by atoms with Crippen LogP contribution < -0.4 is 10.5 Å². The average molecular weight is 293 g/mol. The third-order valence-corrected chi connectivity index (χ3v) is 2.62. The lowest BCUT2D eigenvalue weighted by Gasteiger charge is -2.07. The van der Waals surface area contributed by atoms with Crippen LogP contribution >= 0.6 is 0 Å². The molecule has 0 unspecified atom stereocenters. The first kappa shape index (κ1) is 14.8. The maximum atomic E-state index is 13.0. The highest BCUT2D eigenvalue weighted by atomic mass is 19.2. The van der Waals surface area contributed by atoms with E-state index < -0.39 is 17.6 Å². The molecule has 0 aliphatic carbocycles. The SMILES string of the molecule is Nc1ccc(OCC(=O)OCc2ccc(F)c(F)c2)cc1. The third kappa shape index (κ3) is 4.45. The van der Waals surface area contributed by atoms with Gasteiger partial charge in [-0.05, 0) is 42.0 Å². The summed E-state index contributed by atoms with van der Waals surface area (Å²) in [6.07, 6.45) is 0. The lowest BCUT2D eigenvalue weighted by molar-refractivity contribution is -0.147. The van der Waals surface area contributed by atoms with E-state index >= 15 is 0 Å². The van der Waals surface area contributed by atoms with Crippen LogP contribution in [-0.4, -0.2) is 12.6 Å². The molecule has 0 bridgehead atoms. The highest BCUT2D eigenvalue weighted by Crippen LogP contribution is 2.13. The third-order valence-electron chi connectivity index (χ3n) is 2.62. The van der Waals surface area contributed by atoms with E-state index in [1.165, 1.54) is 6.07 Å². The lowest BCUT2D eigenvalue weighted by Crippen LogP contribution is -2.14. The first-order valence-electron chi connectivity index (χ1n) is 6.12. The number of rotatable bonds is 5. The van der Waals surface area contributed by atoms with Crippen molar-refractivity contribution in [2.45, 2.75) is 6.61 Å². The van der Waals surface area contributed by atoms with Gasteiger partial charge in [0.2, 0.25) is 0 Å². The van der Waals surface area contributed by atoms with Crippen molar-refractivity contribution in [1.29, 1.82) is 0 Å². The van der Waals surface area contributed by atoms with Crippen LogP contribution in [-0.2, 0) is 16.1 Å². The van der Waals surface area contributed by atoms with Gasteiger partial charge >= 0.3 is 5.97 Å². The summed E-state index contributed by atoms with van der Waals surface area (Å²) in [5, 5.41) is 0. The van der Waals surface area contributed by atoms with Gasteiger partial charge in [-0.2, -0.15) is 0 Å². The number of halogens is 2. The Labute approximate surface area is 120 Å². The van der Waals surface area contributed by atoms with Crippen LogP contribution in [0.3, 0.4) is 0 Å². The van der Waals surface area contributed by atoms with E-state index in [4.69, 9.17) is 15.2 Å². The largest absolute Gasteiger partial charge is 0.482 e. The molecule has 0 saturated heterocycles. The van der Waals surface area contributed by atoms with E-state index in [0.29, 0.717) is 17.0 Å². The van der Waals surface area contributed by atoms with Gasteiger partial charge in [0.15, 0.2) is 18.2 Å². The van der Waals surface area contributed by atoms with Crippen molar-refractivity contribution in [3.8, 4) is 5.75 Å². The van der Waals surface area contributed by atoms with Crippen molar-refractivity contribution in [1.82, 2.24) is 0 Å². The summed E-state index contributed by atoms with van der Waals surface area (Å²) in [7, 11) is 0. The number of esters is 1. The summed E-state index contributed by atoms with van der Waals surface area (Å²) < 4.78 is 35.8. The Morgan fingerprint density at radius 3 is 2.43 bits per heavy atom. The number of carbonyl (C=O) groups is 1. The smallest absolute Gasteiger partial charge is 0.344 e. The van der Waals surface area contributed by atoms with Crippen molar-refractivity contribution in [3.63, 3.8) is 0 Å². The van der Waals surface area contributed by atoms with Crippen molar-refractivity contribution < 1.29 is 23.0 Å². The standard InChI is InChI=1S/C15H13F2NO3/c16-13-6-1-10(7-14(13)17)8-21-15(19)9-20-12-4-2-11(18)3-5-12/h1-7H,8-9,18H2. The lowest BCUT2D eigenvalue weighted by atomic mass is 10.2. The van der Waals surface area contributed by atoms with Crippen molar-refractivity contribution >= 4 is 11.7 Å². The van der Waals surface area contributed by atoms with Crippen LogP contribution in [0.1, 0.15) is 5.56 Å². The fourth-order valence-electron chi connectivity index (χ4n) is 1.54. The molecule has 4 nitrogen and oxygen atoms in total. The minimum Gasteiger partial charge on any atom is -0.482 e. The molecule has 0 aliphatic rings. The maximum absolute atomic E-state index is 13.0. The molecule has 0 heterocycles. The molecule has 0 radical (unpaired) electrons. The molecule has 0 amide bonds. The molecule has 6 heteroatoms. The summed E-state index contributed by atoms with van der Waals surface area (Å²) in [6, 6.07) is 9.82. The number of carbonyl (C=O) groups excluding carboxylic acids is 1. The Morgan fingerprint density at radius 1 is 1.05 bits per heavy atom. The number of anilines is 1. The monoisotopic (exact) mass is 293 g/mol. The van der Waals surface area contributed by atoms with Crippen LogP contribution in [0.4, 0.5) is 14.5 Å². The van der Waals surface area contributed by atoms with Crippen LogP contribution in [0.25, 0.3) is 0 Å². The number of nitrogens with two attached hydrogens (primary N) is 1. The summed E-state index contributed by atoms with van der Waals surface area (Å²) in [6.45, 7) is -0.436. The predicted octanol–water partition coefficient (Wildman–Crippen LogP) is 2.67. The summed E-state index contributed by atoms with van der Waals surface area (Å²) in [4.78, 5) is 11.5. The number of ether oxygens (including phenoxy) is 2. The molecular weight excluding hydrogens is 280 g/mol. The highest BCUT2D eigenvalue weighted by Gasteiger charge is 2.07. The molecule has 2 N–H and O–H groups in total. The van der Waals surface area contributed by atoms with Crippen molar-refractivity contribution in [2.75, 3.05) is 12.3 Å². The summed E-state index contributed by atoms with van der Waals surface area (Å²) in [5.74, 6) is -2.07. The molecule has 0 atom stereocenters. The van der Waals surface area contributed by atoms with E-state index in [9.17, 15) is 13.6 Å². The molecule has 0 saturated carbocycles. The second kappa shape index (κ2) is 6.69. The number of hydrogen-bond acceptors (Lipinski definition) is 4. The second-order valence-electron chi connectivity index (χ2n) is 4.27. The molecule has 0 spiro atoms. The summed E-state index contributed by atoms with van der Waals surface area (Å²) >= 11 is 0.